The molecule has 0 radical (unpaired) electrons. The van der Waals surface area contributed by atoms with Gasteiger partial charge >= 0.3 is 0 Å². The van der Waals surface area contributed by atoms with E-state index in [1.165, 1.54) is 75.1 Å². The summed E-state index contributed by atoms with van der Waals surface area (Å²) >= 11 is 0. The lowest BCUT2D eigenvalue weighted by atomic mass is 9.79. The van der Waals surface area contributed by atoms with E-state index in [4.69, 9.17) is 0 Å². The molecule has 0 atom stereocenters. The Kier molecular flexibility index (Phi) is 10.2. The van der Waals surface area contributed by atoms with Crippen molar-refractivity contribution in [1.82, 2.24) is 20.5 Å². The molecule has 1 aromatic heterocycles. The number of nitrogens with zero attached hydrogens (tertiary/aromatic N) is 1. The van der Waals surface area contributed by atoms with Gasteiger partial charge in [-0.25, -0.2) is 4.39 Å². The fourth-order valence-electron chi connectivity index (χ4n) is 7.24. The molecule has 7 heteroatoms. The molecule has 2 aromatic rings. The summed E-state index contributed by atoms with van der Waals surface area (Å²) in [4.78, 5) is 31.1. The molecule has 0 bridgehead atoms. The molecule has 3 N–H and O–H groups in total. The summed E-state index contributed by atoms with van der Waals surface area (Å²) in [6.45, 7) is 4.66. The van der Waals surface area contributed by atoms with Crippen LogP contribution in [0, 0.1) is 18.7 Å². The monoisotopic (exact) mass is 564 g/mol. The molecule has 1 aliphatic carbocycles. The Morgan fingerprint density at radius 1 is 1.02 bits per heavy atom. The summed E-state index contributed by atoms with van der Waals surface area (Å²) in [5.41, 5.74) is 4.29. The Balaban J connectivity index is 1.01. The number of benzene rings is 1. The van der Waals surface area contributed by atoms with Crippen LogP contribution in [0.2, 0.25) is 0 Å². The van der Waals surface area contributed by atoms with E-state index in [9.17, 15) is 14.0 Å². The van der Waals surface area contributed by atoms with Gasteiger partial charge in [0, 0.05) is 49.4 Å². The van der Waals surface area contributed by atoms with Gasteiger partial charge in [-0.3, -0.25) is 9.59 Å². The summed E-state index contributed by atoms with van der Waals surface area (Å²) in [7, 11) is 0. The number of unbranched alkanes of at least 4 members (excludes halogenated alkanes) is 1. The molecule has 224 valence electrons. The second-order valence-corrected chi connectivity index (χ2v) is 12.9. The molecule has 1 saturated heterocycles. The first-order valence-corrected chi connectivity index (χ1v) is 16.2. The number of hydrogen-bond acceptors (Lipinski definition) is 3. The van der Waals surface area contributed by atoms with E-state index in [-0.39, 0.29) is 23.2 Å². The molecule has 3 heterocycles. The molecule has 2 aliphatic heterocycles. The molecule has 1 aromatic carbocycles. The van der Waals surface area contributed by atoms with Crippen LogP contribution in [-0.4, -0.2) is 46.9 Å². The molecule has 3 aliphatic rings. The third-order valence-electron chi connectivity index (χ3n) is 9.94. The number of likely N-dealkylation sites (tertiary alicyclic amines) is 1. The predicted molar refractivity (Wildman–Crippen MR) is 162 cm³/mol. The van der Waals surface area contributed by atoms with Crippen molar-refractivity contribution >= 4 is 11.8 Å². The lowest BCUT2D eigenvalue weighted by Gasteiger charge is -2.39. The molecule has 2 fully saturated rings. The van der Waals surface area contributed by atoms with Gasteiger partial charge in [-0.15, -0.1) is 0 Å². The van der Waals surface area contributed by atoms with E-state index >= 15 is 0 Å². The number of rotatable bonds is 7. The van der Waals surface area contributed by atoms with E-state index in [1.54, 1.807) is 19.1 Å². The lowest BCUT2D eigenvalue weighted by Crippen LogP contribution is -2.49. The van der Waals surface area contributed by atoms with E-state index in [0.29, 0.717) is 29.3 Å². The highest BCUT2D eigenvalue weighted by Crippen LogP contribution is 2.33. The number of fused-ring (bicyclic) bond motifs is 1. The second-order valence-electron chi connectivity index (χ2n) is 12.9. The zero-order chi connectivity index (χ0) is 28.7. The standard InChI is InChI=1S/C34H49FN4O2/c1-25-28(13-11-14-29(25)35)33(41)39-20-15-26(16-21-39)12-7-10-19-36-32(40)30-22-27-24-37-34(23-31(27)38-30)17-8-5-3-2-4-6-9-18-34/h11,13-14,22,26,37-38H,2-10,12,15-21,23-24H2,1H3,(H,36,40). The largest absolute Gasteiger partial charge is 0.354 e. The van der Waals surface area contributed by atoms with Crippen molar-refractivity contribution in [3.8, 4) is 0 Å². The number of H-pyrrole nitrogens is 1. The Labute approximate surface area is 245 Å². The van der Waals surface area contributed by atoms with Crippen molar-refractivity contribution in [3.05, 3.63) is 58.2 Å². The number of carbonyl (C=O) groups excluding carboxylic acids is 2. The minimum atomic E-state index is -0.324. The zero-order valence-electron chi connectivity index (χ0n) is 25.0. The van der Waals surface area contributed by atoms with Crippen molar-refractivity contribution in [1.29, 1.82) is 0 Å². The lowest BCUT2D eigenvalue weighted by molar-refractivity contribution is 0.0684. The van der Waals surface area contributed by atoms with Crippen LogP contribution in [0.1, 0.15) is 128 Å². The summed E-state index contributed by atoms with van der Waals surface area (Å²) in [6, 6.07) is 6.78. The normalized spacial score (nSPS) is 20.0. The Morgan fingerprint density at radius 3 is 2.46 bits per heavy atom. The van der Waals surface area contributed by atoms with Gasteiger partial charge in [-0.05, 0) is 74.3 Å². The third-order valence-corrected chi connectivity index (χ3v) is 9.94. The van der Waals surface area contributed by atoms with Crippen LogP contribution < -0.4 is 10.6 Å². The van der Waals surface area contributed by atoms with Crippen LogP contribution in [0.25, 0.3) is 0 Å². The Morgan fingerprint density at radius 2 is 1.73 bits per heavy atom. The molecule has 6 nitrogen and oxygen atoms in total. The van der Waals surface area contributed by atoms with Crippen molar-refractivity contribution in [3.63, 3.8) is 0 Å². The number of piperidine rings is 1. The second kappa shape index (κ2) is 14.0. The SMILES string of the molecule is Cc1c(F)cccc1C(=O)N1CCC(CCCCNC(=O)c2cc3c([nH]2)CC2(CCCCCCCCC2)NC3)CC1. The zero-order valence-corrected chi connectivity index (χ0v) is 25.0. The molecular weight excluding hydrogens is 515 g/mol. The average molecular weight is 565 g/mol. The van der Waals surface area contributed by atoms with Gasteiger partial charge in [0.1, 0.15) is 11.5 Å². The number of carbonyl (C=O) groups is 2. The first-order chi connectivity index (χ1) is 19.9. The topological polar surface area (TPSA) is 77.2 Å². The fraction of sp³-hybridized carbons (Fsp3) is 0.647. The van der Waals surface area contributed by atoms with E-state index < -0.39 is 0 Å². The molecule has 41 heavy (non-hydrogen) atoms. The van der Waals surface area contributed by atoms with Gasteiger partial charge < -0.3 is 20.5 Å². The first-order valence-electron chi connectivity index (χ1n) is 16.2. The van der Waals surface area contributed by atoms with Crippen molar-refractivity contribution in [2.75, 3.05) is 19.6 Å². The maximum absolute atomic E-state index is 13.9. The third kappa shape index (κ3) is 7.59. The Hall–Kier alpha value is -2.67. The Bertz CT molecular complexity index is 1170. The summed E-state index contributed by atoms with van der Waals surface area (Å²) in [5.74, 6) is 0.213. The molecule has 1 spiro atoms. The maximum atomic E-state index is 13.9. The predicted octanol–water partition coefficient (Wildman–Crippen LogP) is 6.82. The summed E-state index contributed by atoms with van der Waals surface area (Å²) in [5, 5.41) is 7.01. The van der Waals surface area contributed by atoms with Crippen molar-refractivity contribution in [2.24, 2.45) is 5.92 Å². The van der Waals surface area contributed by atoms with E-state index in [0.717, 1.165) is 58.2 Å². The van der Waals surface area contributed by atoms with Crippen LogP contribution in [0.4, 0.5) is 4.39 Å². The molecule has 5 rings (SSSR count). The molecule has 0 unspecified atom stereocenters. The number of nitrogens with one attached hydrogen (secondary N) is 3. The van der Waals surface area contributed by atoms with Gasteiger partial charge in [-0.1, -0.05) is 63.9 Å². The molecule has 2 amide bonds. The number of halogens is 1. The number of aromatic nitrogens is 1. The van der Waals surface area contributed by atoms with Gasteiger partial charge in [0.2, 0.25) is 0 Å². The minimum absolute atomic E-state index is 0.00105. The summed E-state index contributed by atoms with van der Waals surface area (Å²) in [6.07, 6.45) is 17.9. The number of hydrogen-bond donors (Lipinski definition) is 3. The van der Waals surface area contributed by atoms with Gasteiger partial charge in [0.05, 0.1) is 0 Å². The van der Waals surface area contributed by atoms with Crippen LogP contribution in [0.15, 0.2) is 24.3 Å². The highest BCUT2D eigenvalue weighted by atomic mass is 19.1. The fourth-order valence-corrected chi connectivity index (χ4v) is 7.24. The number of aromatic amines is 1. The van der Waals surface area contributed by atoms with Crippen molar-refractivity contribution in [2.45, 2.75) is 115 Å². The van der Waals surface area contributed by atoms with Crippen LogP contribution in [0.3, 0.4) is 0 Å². The van der Waals surface area contributed by atoms with E-state index in [1.807, 2.05) is 11.0 Å². The maximum Gasteiger partial charge on any atom is 0.267 e. The van der Waals surface area contributed by atoms with E-state index in [2.05, 4.69) is 15.6 Å². The average Bonchev–Trinajstić information content (AvgIpc) is 3.41. The highest BCUT2D eigenvalue weighted by Gasteiger charge is 2.35. The van der Waals surface area contributed by atoms with Crippen LogP contribution >= 0.6 is 0 Å². The van der Waals surface area contributed by atoms with Gasteiger partial charge in [0.15, 0.2) is 0 Å². The highest BCUT2D eigenvalue weighted by molar-refractivity contribution is 5.95. The van der Waals surface area contributed by atoms with Gasteiger partial charge in [-0.2, -0.15) is 0 Å². The first kappa shape index (κ1) is 29.8. The molecular formula is C34H49FN4O2. The van der Waals surface area contributed by atoms with Crippen molar-refractivity contribution < 1.29 is 14.0 Å². The summed E-state index contributed by atoms with van der Waals surface area (Å²) < 4.78 is 13.9. The number of amides is 2. The van der Waals surface area contributed by atoms with Crippen LogP contribution in [0.5, 0.6) is 0 Å². The smallest absolute Gasteiger partial charge is 0.267 e. The van der Waals surface area contributed by atoms with Gasteiger partial charge in [0.25, 0.3) is 11.8 Å². The minimum Gasteiger partial charge on any atom is -0.354 e. The quantitative estimate of drug-likeness (QED) is 0.323. The molecule has 1 saturated carbocycles. The van der Waals surface area contributed by atoms with Crippen LogP contribution in [-0.2, 0) is 13.0 Å².